The monoisotopic (exact) mass is 240 g/mol. The second kappa shape index (κ2) is 7.82. The third kappa shape index (κ3) is 4.64. The third-order valence-corrected chi connectivity index (χ3v) is 3.93. The number of aryl methyl sites for hydroxylation is 1. The number of thiophene rings is 1. The van der Waals surface area contributed by atoms with E-state index in [1.807, 2.05) is 11.3 Å². The molecule has 2 nitrogen and oxygen atoms in total. The number of hydrogen-bond donors (Lipinski definition) is 1. The van der Waals surface area contributed by atoms with Gasteiger partial charge in [0.25, 0.3) is 0 Å². The SMILES string of the molecule is CCCCN(CCN)Cc1ccc(CC)s1. The van der Waals surface area contributed by atoms with E-state index in [-0.39, 0.29) is 0 Å². The van der Waals surface area contributed by atoms with Crippen molar-refractivity contribution in [1.82, 2.24) is 4.90 Å². The normalized spacial score (nSPS) is 11.2. The highest BCUT2D eigenvalue weighted by atomic mass is 32.1. The fourth-order valence-corrected chi connectivity index (χ4v) is 2.75. The first kappa shape index (κ1) is 13.7. The molecular weight excluding hydrogens is 216 g/mol. The van der Waals surface area contributed by atoms with Crippen molar-refractivity contribution in [1.29, 1.82) is 0 Å². The van der Waals surface area contributed by atoms with E-state index in [4.69, 9.17) is 5.73 Å². The minimum absolute atomic E-state index is 0.760. The Balaban J connectivity index is 2.46. The zero-order chi connectivity index (χ0) is 11.8. The van der Waals surface area contributed by atoms with Crippen molar-refractivity contribution in [3.63, 3.8) is 0 Å². The lowest BCUT2D eigenvalue weighted by Gasteiger charge is -2.20. The summed E-state index contributed by atoms with van der Waals surface area (Å²) in [5.41, 5.74) is 5.65. The van der Waals surface area contributed by atoms with E-state index in [1.54, 1.807) is 0 Å². The van der Waals surface area contributed by atoms with Crippen LogP contribution in [0.25, 0.3) is 0 Å². The van der Waals surface area contributed by atoms with Crippen LogP contribution in [0.1, 0.15) is 36.4 Å². The summed E-state index contributed by atoms with van der Waals surface area (Å²) in [6, 6.07) is 4.51. The van der Waals surface area contributed by atoms with Gasteiger partial charge in [-0.05, 0) is 31.5 Å². The van der Waals surface area contributed by atoms with E-state index in [2.05, 4.69) is 30.9 Å². The van der Waals surface area contributed by atoms with Crippen LogP contribution in [0.4, 0.5) is 0 Å². The maximum atomic E-state index is 5.65. The Hall–Kier alpha value is -0.380. The van der Waals surface area contributed by atoms with Gasteiger partial charge in [0.05, 0.1) is 0 Å². The molecule has 0 aromatic carbocycles. The number of nitrogens with two attached hydrogens (primary N) is 1. The maximum absolute atomic E-state index is 5.65. The van der Waals surface area contributed by atoms with E-state index in [0.717, 1.165) is 26.1 Å². The van der Waals surface area contributed by atoms with Gasteiger partial charge in [-0.1, -0.05) is 20.3 Å². The zero-order valence-electron chi connectivity index (χ0n) is 10.5. The fourth-order valence-electron chi connectivity index (χ4n) is 1.75. The van der Waals surface area contributed by atoms with E-state index >= 15 is 0 Å². The fraction of sp³-hybridized carbons (Fsp3) is 0.692. The molecule has 0 saturated carbocycles. The smallest absolute Gasteiger partial charge is 0.0328 e. The van der Waals surface area contributed by atoms with Gasteiger partial charge < -0.3 is 5.73 Å². The molecule has 0 fully saturated rings. The Kier molecular flexibility index (Phi) is 6.69. The average Bonchev–Trinajstić information content (AvgIpc) is 2.74. The van der Waals surface area contributed by atoms with Crippen LogP contribution in [0.3, 0.4) is 0 Å². The van der Waals surface area contributed by atoms with Crippen molar-refractivity contribution in [3.05, 3.63) is 21.9 Å². The third-order valence-electron chi connectivity index (χ3n) is 2.72. The quantitative estimate of drug-likeness (QED) is 0.757. The van der Waals surface area contributed by atoms with Crippen molar-refractivity contribution < 1.29 is 0 Å². The van der Waals surface area contributed by atoms with Crippen LogP contribution >= 0.6 is 11.3 Å². The molecule has 0 amide bonds. The Labute approximate surface area is 103 Å². The molecule has 0 bridgehead atoms. The molecule has 0 atom stereocenters. The first-order valence-corrected chi connectivity index (χ1v) is 7.11. The Morgan fingerprint density at radius 1 is 1.19 bits per heavy atom. The Bertz CT molecular complexity index is 283. The number of hydrogen-bond acceptors (Lipinski definition) is 3. The lowest BCUT2D eigenvalue weighted by molar-refractivity contribution is 0.271. The van der Waals surface area contributed by atoms with Crippen LogP contribution in [0, 0.1) is 0 Å². The van der Waals surface area contributed by atoms with Crippen LogP contribution in [0.5, 0.6) is 0 Å². The summed E-state index contributed by atoms with van der Waals surface area (Å²) in [5, 5.41) is 0. The van der Waals surface area contributed by atoms with E-state index in [1.165, 1.54) is 29.1 Å². The maximum Gasteiger partial charge on any atom is 0.0328 e. The standard InChI is InChI=1S/C13H24N2S/c1-3-5-9-15(10-8-14)11-13-7-6-12(4-2)16-13/h6-7H,3-5,8-11,14H2,1-2H3. The van der Waals surface area contributed by atoms with E-state index in [9.17, 15) is 0 Å². The van der Waals surface area contributed by atoms with Crippen LogP contribution in [0.15, 0.2) is 12.1 Å². The zero-order valence-corrected chi connectivity index (χ0v) is 11.4. The molecule has 1 heterocycles. The van der Waals surface area contributed by atoms with Crippen molar-refractivity contribution in [2.24, 2.45) is 5.73 Å². The van der Waals surface area contributed by atoms with E-state index in [0.29, 0.717) is 0 Å². The second-order valence-corrected chi connectivity index (χ2v) is 5.39. The summed E-state index contributed by atoms with van der Waals surface area (Å²) < 4.78 is 0. The van der Waals surface area contributed by atoms with Gasteiger partial charge in [0, 0.05) is 29.4 Å². The number of unbranched alkanes of at least 4 members (excludes halogenated alkanes) is 1. The lowest BCUT2D eigenvalue weighted by Crippen LogP contribution is -2.29. The van der Waals surface area contributed by atoms with Crippen LogP contribution in [-0.2, 0) is 13.0 Å². The first-order chi connectivity index (χ1) is 7.80. The van der Waals surface area contributed by atoms with Crippen molar-refractivity contribution >= 4 is 11.3 Å². The summed E-state index contributed by atoms with van der Waals surface area (Å²) >= 11 is 1.94. The molecule has 16 heavy (non-hydrogen) atoms. The Morgan fingerprint density at radius 3 is 2.50 bits per heavy atom. The molecule has 92 valence electrons. The lowest BCUT2D eigenvalue weighted by atomic mass is 10.3. The molecule has 1 aromatic heterocycles. The summed E-state index contributed by atoms with van der Waals surface area (Å²) in [5.74, 6) is 0. The highest BCUT2D eigenvalue weighted by Crippen LogP contribution is 2.18. The minimum Gasteiger partial charge on any atom is -0.329 e. The van der Waals surface area contributed by atoms with Gasteiger partial charge in [-0.15, -0.1) is 11.3 Å². The van der Waals surface area contributed by atoms with Gasteiger partial charge in [0.15, 0.2) is 0 Å². The van der Waals surface area contributed by atoms with Crippen molar-refractivity contribution in [2.75, 3.05) is 19.6 Å². The molecule has 0 aliphatic rings. The summed E-state index contributed by atoms with van der Waals surface area (Å²) in [7, 11) is 0. The van der Waals surface area contributed by atoms with Gasteiger partial charge in [-0.2, -0.15) is 0 Å². The molecule has 1 aromatic rings. The van der Waals surface area contributed by atoms with Gasteiger partial charge >= 0.3 is 0 Å². The highest BCUT2D eigenvalue weighted by molar-refractivity contribution is 7.11. The predicted octanol–water partition coefficient (Wildman–Crippen LogP) is 2.87. The first-order valence-electron chi connectivity index (χ1n) is 6.30. The van der Waals surface area contributed by atoms with Gasteiger partial charge in [0.2, 0.25) is 0 Å². The minimum atomic E-state index is 0.760. The molecule has 1 rings (SSSR count). The van der Waals surface area contributed by atoms with Gasteiger partial charge in [0.1, 0.15) is 0 Å². The molecular formula is C13H24N2S. The molecule has 0 aliphatic heterocycles. The Morgan fingerprint density at radius 2 is 1.94 bits per heavy atom. The topological polar surface area (TPSA) is 29.3 Å². The largest absolute Gasteiger partial charge is 0.329 e. The van der Waals surface area contributed by atoms with Crippen molar-refractivity contribution in [2.45, 2.75) is 39.7 Å². The molecule has 0 radical (unpaired) electrons. The van der Waals surface area contributed by atoms with E-state index < -0.39 is 0 Å². The summed E-state index contributed by atoms with van der Waals surface area (Å²) in [6.07, 6.45) is 3.67. The molecule has 2 N–H and O–H groups in total. The number of rotatable bonds is 8. The molecule has 0 unspecified atom stereocenters. The van der Waals surface area contributed by atoms with Crippen molar-refractivity contribution in [3.8, 4) is 0 Å². The van der Waals surface area contributed by atoms with Gasteiger partial charge in [-0.3, -0.25) is 4.90 Å². The van der Waals surface area contributed by atoms with Gasteiger partial charge in [-0.25, -0.2) is 0 Å². The average molecular weight is 240 g/mol. The van der Waals surface area contributed by atoms with Crippen LogP contribution < -0.4 is 5.73 Å². The summed E-state index contributed by atoms with van der Waals surface area (Å²) in [4.78, 5) is 5.42. The molecule has 0 saturated heterocycles. The summed E-state index contributed by atoms with van der Waals surface area (Å²) in [6.45, 7) is 8.47. The second-order valence-electron chi connectivity index (χ2n) is 4.14. The molecule has 3 heteroatoms. The highest BCUT2D eigenvalue weighted by Gasteiger charge is 2.06. The van der Waals surface area contributed by atoms with Crippen LogP contribution in [-0.4, -0.2) is 24.5 Å². The number of nitrogens with zero attached hydrogens (tertiary/aromatic N) is 1. The molecule has 0 aliphatic carbocycles. The van der Waals surface area contributed by atoms with Crippen LogP contribution in [0.2, 0.25) is 0 Å². The predicted molar refractivity (Wildman–Crippen MR) is 72.9 cm³/mol. The molecule has 0 spiro atoms.